The van der Waals surface area contributed by atoms with Gasteiger partial charge in [0.15, 0.2) is 0 Å². The Bertz CT molecular complexity index is 529. The Kier molecular flexibility index (Phi) is 8.42. The molecule has 0 bridgehead atoms. The lowest BCUT2D eigenvalue weighted by Gasteiger charge is -2.24. The molecule has 0 spiro atoms. The van der Waals surface area contributed by atoms with E-state index in [1.165, 1.54) is 4.90 Å². The molecule has 1 amide bonds. The van der Waals surface area contributed by atoms with E-state index in [9.17, 15) is 14.7 Å². The summed E-state index contributed by atoms with van der Waals surface area (Å²) in [6, 6.07) is 9.72. The summed E-state index contributed by atoms with van der Waals surface area (Å²) in [4.78, 5) is 24.6. The largest absolute Gasteiger partial charge is 0.548 e. The van der Waals surface area contributed by atoms with Crippen LogP contribution in [0.2, 0.25) is 0 Å². The lowest BCUT2D eigenvalue weighted by Crippen LogP contribution is -2.42. The Labute approximate surface area is 149 Å². The first-order valence-electron chi connectivity index (χ1n) is 8.99. The molecule has 0 atom stereocenters. The summed E-state index contributed by atoms with van der Waals surface area (Å²) in [7, 11) is 0. The van der Waals surface area contributed by atoms with Crippen molar-refractivity contribution < 1.29 is 19.4 Å². The van der Waals surface area contributed by atoms with Crippen LogP contribution < -0.4 is 10.4 Å². The van der Waals surface area contributed by atoms with Gasteiger partial charge in [-0.25, -0.2) is 0 Å². The van der Waals surface area contributed by atoms with Gasteiger partial charge in [0.2, 0.25) is 5.91 Å². The van der Waals surface area contributed by atoms with E-state index in [1.807, 2.05) is 30.3 Å². The number of nitrogens with zero attached hydrogens (tertiary/aromatic N) is 1. The first kappa shape index (κ1) is 19.4. The second kappa shape index (κ2) is 10.8. The molecule has 1 aliphatic rings. The van der Waals surface area contributed by atoms with E-state index in [0.29, 0.717) is 32.4 Å². The summed E-state index contributed by atoms with van der Waals surface area (Å²) in [6.07, 6.45) is 3.81. The number of carboxylic acids is 1. The highest BCUT2D eigenvalue weighted by atomic mass is 16.5. The van der Waals surface area contributed by atoms with E-state index in [4.69, 9.17) is 4.74 Å². The fraction of sp³-hybridized carbons (Fsp3) is 0.579. The number of rotatable bonds is 10. The Morgan fingerprint density at radius 2 is 1.92 bits per heavy atom. The van der Waals surface area contributed by atoms with E-state index in [2.05, 4.69) is 5.32 Å². The number of benzene rings is 1. The SMILES string of the molecule is O=C([O-])CN(CCc1ccccc1)C(=O)CCCOC1CCNCC1. The van der Waals surface area contributed by atoms with E-state index >= 15 is 0 Å². The Balaban J connectivity index is 1.72. The van der Waals surface area contributed by atoms with Gasteiger partial charge in [-0.1, -0.05) is 30.3 Å². The van der Waals surface area contributed by atoms with Crippen molar-refractivity contribution >= 4 is 11.9 Å². The highest BCUT2D eigenvalue weighted by Gasteiger charge is 2.15. The van der Waals surface area contributed by atoms with Gasteiger partial charge in [-0.3, -0.25) is 4.79 Å². The number of carbonyl (C=O) groups is 2. The molecule has 1 fully saturated rings. The zero-order chi connectivity index (χ0) is 17.9. The van der Waals surface area contributed by atoms with Gasteiger partial charge in [-0.05, 0) is 44.3 Å². The second-order valence-electron chi connectivity index (χ2n) is 6.35. The Morgan fingerprint density at radius 3 is 2.60 bits per heavy atom. The number of carbonyl (C=O) groups excluding carboxylic acids is 2. The van der Waals surface area contributed by atoms with Gasteiger partial charge in [0, 0.05) is 19.6 Å². The summed E-state index contributed by atoms with van der Waals surface area (Å²) in [5, 5.41) is 14.2. The van der Waals surface area contributed by atoms with E-state index in [-0.39, 0.29) is 18.6 Å². The summed E-state index contributed by atoms with van der Waals surface area (Å²) in [6.45, 7) is 2.51. The molecule has 2 rings (SSSR count). The molecule has 1 N–H and O–H groups in total. The molecule has 0 unspecified atom stereocenters. The van der Waals surface area contributed by atoms with Crippen LogP contribution in [0.3, 0.4) is 0 Å². The minimum atomic E-state index is -1.23. The van der Waals surface area contributed by atoms with Crippen LogP contribution in [-0.2, 0) is 20.7 Å². The molecule has 0 aliphatic carbocycles. The lowest BCUT2D eigenvalue weighted by molar-refractivity contribution is -0.306. The second-order valence-corrected chi connectivity index (χ2v) is 6.35. The van der Waals surface area contributed by atoms with Crippen LogP contribution in [0.25, 0.3) is 0 Å². The molecule has 1 heterocycles. The zero-order valence-electron chi connectivity index (χ0n) is 14.6. The minimum absolute atomic E-state index is 0.158. The van der Waals surface area contributed by atoms with Crippen molar-refractivity contribution in [2.24, 2.45) is 0 Å². The summed E-state index contributed by atoms with van der Waals surface area (Å²) in [5.41, 5.74) is 1.08. The number of hydrogen-bond acceptors (Lipinski definition) is 5. The third kappa shape index (κ3) is 7.67. The van der Waals surface area contributed by atoms with Gasteiger partial charge in [0.05, 0.1) is 18.6 Å². The fourth-order valence-electron chi connectivity index (χ4n) is 2.95. The van der Waals surface area contributed by atoms with Gasteiger partial charge in [0.1, 0.15) is 0 Å². The Hall–Kier alpha value is -1.92. The molecule has 1 saturated heterocycles. The molecule has 0 aromatic heterocycles. The van der Waals surface area contributed by atoms with Gasteiger partial charge < -0.3 is 24.9 Å². The van der Waals surface area contributed by atoms with Crippen LogP contribution in [0.1, 0.15) is 31.2 Å². The number of piperidine rings is 1. The fourth-order valence-corrected chi connectivity index (χ4v) is 2.95. The standard InChI is InChI=1S/C19H28N2O4/c22-18(7-4-14-25-17-8-11-20-12-9-17)21(15-19(23)24)13-10-16-5-2-1-3-6-16/h1-3,5-6,17,20H,4,7-15H2,(H,23,24)/p-1. The van der Waals surface area contributed by atoms with Crippen LogP contribution in [-0.4, -0.2) is 55.7 Å². The lowest BCUT2D eigenvalue weighted by atomic mass is 10.1. The van der Waals surface area contributed by atoms with Gasteiger partial charge in [-0.15, -0.1) is 0 Å². The van der Waals surface area contributed by atoms with Crippen LogP contribution in [0.4, 0.5) is 0 Å². The average Bonchev–Trinajstić information content (AvgIpc) is 2.63. The highest BCUT2D eigenvalue weighted by Crippen LogP contribution is 2.09. The number of carboxylic acid groups (broad SMARTS) is 1. The summed E-state index contributed by atoms with van der Waals surface area (Å²) in [5.74, 6) is -1.39. The maximum absolute atomic E-state index is 12.3. The van der Waals surface area contributed by atoms with Crippen molar-refractivity contribution in [3.63, 3.8) is 0 Å². The molecule has 25 heavy (non-hydrogen) atoms. The van der Waals surface area contributed by atoms with Gasteiger partial charge in [0.25, 0.3) is 0 Å². The molecule has 0 radical (unpaired) electrons. The first-order chi connectivity index (χ1) is 12.1. The van der Waals surface area contributed by atoms with Crippen LogP contribution in [0, 0.1) is 0 Å². The molecular weight excluding hydrogens is 320 g/mol. The molecule has 1 aliphatic heterocycles. The smallest absolute Gasteiger partial charge is 0.223 e. The number of amides is 1. The predicted molar refractivity (Wildman–Crippen MR) is 92.8 cm³/mol. The molecular formula is C19H27N2O4-. The molecule has 1 aromatic carbocycles. The maximum atomic E-state index is 12.3. The van der Waals surface area contributed by atoms with Crippen molar-refractivity contribution in [1.82, 2.24) is 10.2 Å². The monoisotopic (exact) mass is 347 g/mol. The Morgan fingerprint density at radius 1 is 1.20 bits per heavy atom. The van der Waals surface area contributed by atoms with E-state index in [0.717, 1.165) is 31.5 Å². The highest BCUT2D eigenvalue weighted by molar-refractivity contribution is 5.80. The van der Waals surface area contributed by atoms with Crippen molar-refractivity contribution in [3.05, 3.63) is 35.9 Å². The van der Waals surface area contributed by atoms with Crippen molar-refractivity contribution in [3.8, 4) is 0 Å². The van der Waals surface area contributed by atoms with Crippen LogP contribution >= 0.6 is 0 Å². The number of ether oxygens (including phenoxy) is 1. The summed E-state index contributed by atoms with van der Waals surface area (Å²) >= 11 is 0. The van der Waals surface area contributed by atoms with Crippen LogP contribution in [0.15, 0.2) is 30.3 Å². The third-order valence-corrected chi connectivity index (χ3v) is 4.36. The van der Waals surface area contributed by atoms with Gasteiger partial charge >= 0.3 is 0 Å². The molecule has 1 aromatic rings. The summed E-state index contributed by atoms with van der Waals surface area (Å²) < 4.78 is 5.78. The van der Waals surface area contributed by atoms with Crippen LogP contribution in [0.5, 0.6) is 0 Å². The number of hydrogen-bond donors (Lipinski definition) is 1. The maximum Gasteiger partial charge on any atom is 0.223 e. The molecule has 6 heteroatoms. The molecule has 6 nitrogen and oxygen atoms in total. The zero-order valence-corrected chi connectivity index (χ0v) is 14.6. The van der Waals surface area contributed by atoms with E-state index < -0.39 is 5.97 Å². The van der Waals surface area contributed by atoms with Crippen molar-refractivity contribution in [1.29, 1.82) is 0 Å². The normalized spacial score (nSPS) is 15.0. The van der Waals surface area contributed by atoms with E-state index in [1.54, 1.807) is 0 Å². The van der Waals surface area contributed by atoms with Gasteiger partial charge in [-0.2, -0.15) is 0 Å². The van der Waals surface area contributed by atoms with Crippen molar-refractivity contribution in [2.45, 2.75) is 38.2 Å². The third-order valence-electron chi connectivity index (χ3n) is 4.36. The predicted octanol–water partition coefficient (Wildman–Crippen LogP) is 0.356. The number of nitrogens with one attached hydrogen (secondary N) is 1. The molecule has 138 valence electrons. The average molecular weight is 347 g/mol. The molecule has 0 saturated carbocycles. The first-order valence-corrected chi connectivity index (χ1v) is 8.99. The minimum Gasteiger partial charge on any atom is -0.548 e. The topological polar surface area (TPSA) is 81.7 Å². The number of aliphatic carboxylic acids is 1. The van der Waals surface area contributed by atoms with Crippen molar-refractivity contribution in [2.75, 3.05) is 32.8 Å². The quantitative estimate of drug-likeness (QED) is 0.618.